The molecule has 138 valence electrons. The number of methoxy groups -OCH3 is 1. The zero-order chi connectivity index (χ0) is 18.9. The molecule has 26 heavy (non-hydrogen) atoms. The van der Waals surface area contributed by atoms with Gasteiger partial charge in [-0.3, -0.25) is 4.79 Å². The molecule has 0 saturated heterocycles. The van der Waals surface area contributed by atoms with E-state index in [9.17, 15) is 18.0 Å². The monoisotopic (exact) mass is 428 g/mol. The quantitative estimate of drug-likeness (QED) is 0.762. The molecule has 0 saturated carbocycles. The maximum atomic E-state index is 13.1. The second-order valence-corrected chi connectivity index (χ2v) is 6.74. The smallest absolute Gasteiger partial charge is 0.419 e. The predicted octanol–water partition coefficient (Wildman–Crippen LogP) is 4.37. The molecule has 0 bridgehead atoms. The molecule has 0 radical (unpaired) electrons. The number of halogens is 4. The zero-order valence-corrected chi connectivity index (χ0v) is 15.4. The molecule has 1 heterocycles. The number of carbonyl (C=O) groups excluding carboxylic acids is 1. The topological polar surface area (TPSA) is 50.4 Å². The molecule has 1 aliphatic rings. The van der Waals surface area contributed by atoms with Crippen molar-refractivity contribution in [1.82, 2.24) is 5.32 Å². The molecule has 1 amide bonds. The van der Waals surface area contributed by atoms with Crippen LogP contribution in [0.5, 0.6) is 5.75 Å². The van der Waals surface area contributed by atoms with Gasteiger partial charge in [-0.25, -0.2) is 0 Å². The van der Waals surface area contributed by atoms with E-state index in [1.54, 1.807) is 6.07 Å². The van der Waals surface area contributed by atoms with Crippen LogP contribution in [0, 0.1) is 0 Å². The summed E-state index contributed by atoms with van der Waals surface area (Å²) in [6.45, 7) is 1.56. The summed E-state index contributed by atoms with van der Waals surface area (Å²) >= 11 is 3.49. The third-order valence-corrected chi connectivity index (χ3v) is 4.89. The molecule has 2 N–H and O–H groups in total. The van der Waals surface area contributed by atoms with Gasteiger partial charge in [0, 0.05) is 22.3 Å². The Hall–Kier alpha value is -2.06. The minimum absolute atomic E-state index is 0.0925. The van der Waals surface area contributed by atoms with Gasteiger partial charge in [-0.1, -0.05) is 15.9 Å². The van der Waals surface area contributed by atoms with Gasteiger partial charge in [-0.15, -0.1) is 0 Å². The van der Waals surface area contributed by atoms with Crippen LogP contribution in [0.25, 0.3) is 0 Å². The van der Waals surface area contributed by atoms with E-state index in [0.29, 0.717) is 12.2 Å². The highest BCUT2D eigenvalue weighted by atomic mass is 79.9. The fraction of sp³-hybridized carbons (Fsp3) is 0.278. The third kappa shape index (κ3) is 3.86. The van der Waals surface area contributed by atoms with E-state index in [1.807, 2.05) is 6.07 Å². The van der Waals surface area contributed by atoms with E-state index in [4.69, 9.17) is 4.74 Å². The average molecular weight is 429 g/mol. The summed E-state index contributed by atoms with van der Waals surface area (Å²) in [7, 11) is 1.16. The molecule has 0 spiro atoms. The summed E-state index contributed by atoms with van der Waals surface area (Å²) in [6, 6.07) is 6.83. The summed E-state index contributed by atoms with van der Waals surface area (Å²) in [5.74, 6) is -0.939. The maximum absolute atomic E-state index is 13.1. The highest BCUT2D eigenvalue weighted by Crippen LogP contribution is 2.37. The Balaban J connectivity index is 1.88. The standard InChI is InChI=1S/C18H16BrF3N2O2/c1-26-16-3-2-10(7-14(16)18(20,21)22)17(25)24-12-6-11-9-23-5-4-13(11)15(19)8-12/h2-3,6-8,23H,4-5,9H2,1H3,(H,24,25). The van der Waals surface area contributed by atoms with Gasteiger partial charge in [0.15, 0.2) is 0 Å². The molecule has 2 aromatic carbocycles. The summed E-state index contributed by atoms with van der Waals surface area (Å²) < 4.78 is 45.0. The molecule has 4 nitrogen and oxygen atoms in total. The summed E-state index contributed by atoms with van der Waals surface area (Å²) in [5.41, 5.74) is 1.67. The highest BCUT2D eigenvalue weighted by Gasteiger charge is 2.35. The number of alkyl halides is 3. The van der Waals surface area contributed by atoms with Crippen molar-refractivity contribution in [2.45, 2.75) is 19.1 Å². The minimum Gasteiger partial charge on any atom is -0.496 e. The number of anilines is 1. The Morgan fingerprint density at radius 2 is 2.04 bits per heavy atom. The molecule has 0 aliphatic carbocycles. The van der Waals surface area contributed by atoms with Crippen LogP contribution in [-0.4, -0.2) is 19.6 Å². The molecule has 0 fully saturated rings. The summed E-state index contributed by atoms with van der Waals surface area (Å²) in [4.78, 5) is 12.4. The van der Waals surface area contributed by atoms with E-state index in [1.165, 1.54) is 11.6 Å². The van der Waals surface area contributed by atoms with Crippen molar-refractivity contribution in [1.29, 1.82) is 0 Å². The molecule has 3 rings (SSSR count). The van der Waals surface area contributed by atoms with E-state index in [2.05, 4.69) is 26.6 Å². The van der Waals surface area contributed by atoms with Crippen molar-refractivity contribution in [3.63, 3.8) is 0 Å². The van der Waals surface area contributed by atoms with Gasteiger partial charge in [-0.2, -0.15) is 13.2 Å². The van der Waals surface area contributed by atoms with Crippen molar-refractivity contribution >= 4 is 27.5 Å². The lowest BCUT2D eigenvalue weighted by molar-refractivity contribution is -0.138. The number of hydrogen-bond acceptors (Lipinski definition) is 3. The van der Waals surface area contributed by atoms with Gasteiger partial charge in [0.05, 0.1) is 12.7 Å². The van der Waals surface area contributed by atoms with Gasteiger partial charge in [-0.05, 0) is 54.4 Å². The minimum atomic E-state index is -4.61. The largest absolute Gasteiger partial charge is 0.496 e. The van der Waals surface area contributed by atoms with Crippen LogP contribution in [0.2, 0.25) is 0 Å². The number of rotatable bonds is 3. The molecule has 8 heteroatoms. The van der Waals surface area contributed by atoms with Crippen LogP contribution in [0.1, 0.15) is 27.0 Å². The van der Waals surface area contributed by atoms with Gasteiger partial charge < -0.3 is 15.4 Å². The predicted molar refractivity (Wildman–Crippen MR) is 95.5 cm³/mol. The van der Waals surface area contributed by atoms with Crippen LogP contribution in [0.4, 0.5) is 18.9 Å². The second kappa shape index (κ2) is 7.28. The first-order valence-corrected chi connectivity index (χ1v) is 8.67. The summed E-state index contributed by atoms with van der Waals surface area (Å²) in [5, 5.41) is 5.91. The fourth-order valence-electron chi connectivity index (χ4n) is 2.91. The molecule has 1 aliphatic heterocycles. The number of carbonyl (C=O) groups is 1. The SMILES string of the molecule is COc1ccc(C(=O)Nc2cc(Br)c3c(c2)CNCC3)cc1C(F)(F)F. The Bertz CT molecular complexity index is 853. The van der Waals surface area contributed by atoms with E-state index in [0.717, 1.165) is 42.2 Å². The Labute approximate surface area is 156 Å². The number of ether oxygens (including phenoxy) is 1. The van der Waals surface area contributed by atoms with Crippen LogP contribution in [0.15, 0.2) is 34.8 Å². The molecular formula is C18H16BrF3N2O2. The Kier molecular flexibility index (Phi) is 5.24. The van der Waals surface area contributed by atoms with E-state index in [-0.39, 0.29) is 11.3 Å². The number of nitrogens with one attached hydrogen (secondary N) is 2. The van der Waals surface area contributed by atoms with Crippen molar-refractivity contribution in [3.05, 3.63) is 57.1 Å². The lowest BCUT2D eigenvalue weighted by Crippen LogP contribution is -2.24. The molecular weight excluding hydrogens is 413 g/mol. The number of amides is 1. The first-order chi connectivity index (χ1) is 12.3. The first kappa shape index (κ1) is 18.7. The van der Waals surface area contributed by atoms with E-state index < -0.39 is 17.6 Å². The number of fused-ring (bicyclic) bond motifs is 1. The van der Waals surface area contributed by atoms with Crippen molar-refractivity contribution < 1.29 is 22.7 Å². The zero-order valence-electron chi connectivity index (χ0n) is 13.8. The van der Waals surface area contributed by atoms with Crippen LogP contribution < -0.4 is 15.4 Å². The molecule has 0 unspecified atom stereocenters. The number of hydrogen-bond donors (Lipinski definition) is 2. The first-order valence-electron chi connectivity index (χ1n) is 7.88. The van der Waals surface area contributed by atoms with Gasteiger partial charge in [0.25, 0.3) is 5.91 Å². The lowest BCUT2D eigenvalue weighted by Gasteiger charge is -2.20. The third-order valence-electron chi connectivity index (χ3n) is 4.18. The van der Waals surface area contributed by atoms with Crippen molar-refractivity contribution in [3.8, 4) is 5.75 Å². The van der Waals surface area contributed by atoms with E-state index >= 15 is 0 Å². The normalized spacial score (nSPS) is 13.9. The molecule has 0 atom stereocenters. The average Bonchev–Trinajstić information content (AvgIpc) is 2.60. The summed E-state index contributed by atoms with van der Waals surface area (Å²) in [6.07, 6.45) is -3.74. The molecule has 2 aromatic rings. The van der Waals surface area contributed by atoms with Gasteiger partial charge >= 0.3 is 6.18 Å². The van der Waals surface area contributed by atoms with Crippen LogP contribution >= 0.6 is 15.9 Å². The second-order valence-electron chi connectivity index (χ2n) is 5.89. The Morgan fingerprint density at radius 3 is 2.73 bits per heavy atom. The molecule has 0 aromatic heterocycles. The van der Waals surface area contributed by atoms with Crippen LogP contribution in [-0.2, 0) is 19.1 Å². The maximum Gasteiger partial charge on any atom is 0.419 e. The fourth-order valence-corrected chi connectivity index (χ4v) is 3.61. The highest BCUT2D eigenvalue weighted by molar-refractivity contribution is 9.10. The Morgan fingerprint density at radius 1 is 1.27 bits per heavy atom. The lowest BCUT2D eigenvalue weighted by atomic mass is 10.0. The van der Waals surface area contributed by atoms with Gasteiger partial charge in [0.1, 0.15) is 5.75 Å². The van der Waals surface area contributed by atoms with Crippen molar-refractivity contribution in [2.75, 3.05) is 19.0 Å². The number of benzene rings is 2. The van der Waals surface area contributed by atoms with Gasteiger partial charge in [0.2, 0.25) is 0 Å². The van der Waals surface area contributed by atoms with Crippen molar-refractivity contribution in [2.24, 2.45) is 0 Å². The van der Waals surface area contributed by atoms with Crippen LogP contribution in [0.3, 0.4) is 0 Å².